The van der Waals surface area contributed by atoms with Crippen LogP contribution in [0.4, 0.5) is 0 Å². The number of rotatable bonds is 3. The van der Waals surface area contributed by atoms with Crippen molar-refractivity contribution in [2.24, 2.45) is 17.8 Å². The second kappa shape index (κ2) is 6.76. The first-order valence-electron chi connectivity index (χ1n) is 6.94. The molecule has 1 N–H and O–H groups in total. The van der Waals surface area contributed by atoms with Gasteiger partial charge in [-0.15, -0.1) is 0 Å². The summed E-state index contributed by atoms with van der Waals surface area (Å²) in [4.78, 5) is 23.0. The van der Waals surface area contributed by atoms with Gasteiger partial charge in [-0.3, -0.25) is 4.79 Å². The van der Waals surface area contributed by atoms with Gasteiger partial charge in [0.2, 0.25) is 0 Å². The normalized spacial score (nSPS) is 27.9. The number of carbonyl (C=O) groups excluding carboxylic acids is 2. The van der Waals surface area contributed by atoms with Gasteiger partial charge in [-0.2, -0.15) is 0 Å². The van der Waals surface area contributed by atoms with Crippen molar-refractivity contribution < 1.29 is 14.3 Å². The number of ether oxygens (including phenoxy) is 1. The van der Waals surface area contributed by atoms with Gasteiger partial charge < -0.3 is 10.1 Å². The van der Waals surface area contributed by atoms with E-state index in [1.54, 1.807) is 6.92 Å². The summed E-state index contributed by atoms with van der Waals surface area (Å²) >= 11 is 0. The van der Waals surface area contributed by atoms with Gasteiger partial charge in [0.25, 0.3) is 0 Å². The molecule has 0 bridgehead atoms. The van der Waals surface area contributed by atoms with Crippen molar-refractivity contribution in [3.63, 3.8) is 0 Å². The molecule has 1 aliphatic rings. The van der Waals surface area contributed by atoms with E-state index < -0.39 is 11.9 Å². The van der Waals surface area contributed by atoms with Crippen molar-refractivity contribution >= 4 is 11.9 Å². The largest absolute Gasteiger partial charge is 0.455 e. The lowest BCUT2D eigenvalue weighted by atomic mass is 9.75. The van der Waals surface area contributed by atoms with Crippen LogP contribution in [0.5, 0.6) is 0 Å². The van der Waals surface area contributed by atoms with E-state index >= 15 is 0 Å². The summed E-state index contributed by atoms with van der Waals surface area (Å²) in [7, 11) is 0. The number of hydrogen-bond donors (Lipinski definition) is 1. The van der Waals surface area contributed by atoms with Gasteiger partial charge in [0.1, 0.15) is 6.10 Å². The Morgan fingerprint density at radius 2 is 2.00 bits per heavy atom. The molecule has 1 amide bonds. The molecular weight excluding hydrogens is 230 g/mol. The van der Waals surface area contributed by atoms with E-state index in [1.165, 1.54) is 6.42 Å². The van der Waals surface area contributed by atoms with E-state index in [0.29, 0.717) is 24.3 Å². The second-order valence-electron chi connectivity index (χ2n) is 5.63. The molecule has 1 fully saturated rings. The van der Waals surface area contributed by atoms with Crippen LogP contribution in [0, 0.1) is 17.8 Å². The zero-order valence-corrected chi connectivity index (χ0v) is 11.9. The van der Waals surface area contributed by atoms with Crippen molar-refractivity contribution in [3.05, 3.63) is 0 Å². The summed E-state index contributed by atoms with van der Waals surface area (Å²) in [6, 6.07) is 0. The van der Waals surface area contributed by atoms with Crippen molar-refractivity contribution in [1.29, 1.82) is 0 Å². The van der Waals surface area contributed by atoms with Gasteiger partial charge in [-0.1, -0.05) is 27.2 Å². The average molecular weight is 255 g/mol. The lowest BCUT2D eigenvalue weighted by molar-refractivity contribution is -0.164. The summed E-state index contributed by atoms with van der Waals surface area (Å²) in [6.45, 7) is 8.69. The van der Waals surface area contributed by atoms with E-state index in [0.717, 1.165) is 12.8 Å². The number of nitrogens with one attached hydrogen (secondary N) is 1. The minimum absolute atomic E-state index is 0.108. The van der Waals surface area contributed by atoms with Crippen LogP contribution in [-0.2, 0) is 14.3 Å². The topological polar surface area (TPSA) is 55.4 Å². The highest BCUT2D eigenvalue weighted by Crippen LogP contribution is 2.35. The molecule has 0 heterocycles. The number of esters is 1. The highest BCUT2D eigenvalue weighted by atomic mass is 16.5. The van der Waals surface area contributed by atoms with E-state index in [1.807, 2.05) is 0 Å². The smallest absolute Gasteiger partial charge is 0.397 e. The van der Waals surface area contributed by atoms with Crippen LogP contribution in [0.1, 0.15) is 47.0 Å². The highest BCUT2D eigenvalue weighted by Gasteiger charge is 2.34. The minimum Gasteiger partial charge on any atom is -0.455 e. The molecule has 0 aliphatic heterocycles. The number of likely N-dealkylation sites (N-methyl/N-ethyl adjacent to an activating group) is 1. The van der Waals surface area contributed by atoms with Crippen molar-refractivity contribution in [3.8, 4) is 0 Å². The van der Waals surface area contributed by atoms with Gasteiger partial charge in [-0.05, 0) is 37.5 Å². The molecule has 104 valence electrons. The van der Waals surface area contributed by atoms with Gasteiger partial charge in [-0.25, -0.2) is 4.79 Å². The molecule has 1 saturated carbocycles. The Balaban J connectivity index is 2.60. The molecule has 0 aromatic heterocycles. The van der Waals surface area contributed by atoms with Gasteiger partial charge in [0.05, 0.1) is 0 Å². The van der Waals surface area contributed by atoms with E-state index in [2.05, 4.69) is 26.1 Å². The molecule has 1 aliphatic carbocycles. The zero-order chi connectivity index (χ0) is 13.7. The fourth-order valence-corrected chi connectivity index (χ4v) is 2.67. The molecule has 0 aromatic carbocycles. The Hall–Kier alpha value is -1.06. The van der Waals surface area contributed by atoms with Crippen LogP contribution < -0.4 is 5.32 Å². The average Bonchev–Trinajstić information content (AvgIpc) is 2.28. The van der Waals surface area contributed by atoms with Crippen LogP contribution in [0.15, 0.2) is 0 Å². The van der Waals surface area contributed by atoms with E-state index in [4.69, 9.17) is 4.74 Å². The number of hydrogen-bond acceptors (Lipinski definition) is 3. The maximum absolute atomic E-state index is 11.6. The van der Waals surface area contributed by atoms with Crippen LogP contribution in [0.25, 0.3) is 0 Å². The first-order valence-corrected chi connectivity index (χ1v) is 6.94. The van der Waals surface area contributed by atoms with Crippen molar-refractivity contribution in [2.45, 2.75) is 53.1 Å². The standard InChI is InChI=1S/C14H25NO3/c1-5-15-13(16)14(17)18-12-8-10(4)6-7-11(12)9(2)3/h9-12H,5-8H2,1-4H3,(H,15,16). The summed E-state index contributed by atoms with van der Waals surface area (Å²) in [5, 5.41) is 2.48. The molecule has 0 saturated heterocycles. The van der Waals surface area contributed by atoms with Crippen LogP contribution in [-0.4, -0.2) is 24.5 Å². The van der Waals surface area contributed by atoms with E-state index in [9.17, 15) is 9.59 Å². The molecule has 4 heteroatoms. The highest BCUT2D eigenvalue weighted by molar-refractivity contribution is 6.32. The van der Waals surface area contributed by atoms with Crippen LogP contribution >= 0.6 is 0 Å². The fourth-order valence-electron chi connectivity index (χ4n) is 2.67. The van der Waals surface area contributed by atoms with E-state index in [-0.39, 0.29) is 6.10 Å². The Morgan fingerprint density at radius 3 is 2.56 bits per heavy atom. The van der Waals surface area contributed by atoms with Gasteiger partial charge in [0, 0.05) is 6.54 Å². The molecule has 4 nitrogen and oxygen atoms in total. The minimum atomic E-state index is -0.735. The summed E-state index contributed by atoms with van der Waals surface area (Å²) in [5.41, 5.74) is 0. The fraction of sp³-hybridized carbons (Fsp3) is 0.857. The third-order valence-corrected chi connectivity index (χ3v) is 3.74. The quantitative estimate of drug-likeness (QED) is 0.621. The predicted octanol–water partition coefficient (Wildman–Crippen LogP) is 2.13. The molecule has 1 rings (SSSR count). The third-order valence-electron chi connectivity index (χ3n) is 3.74. The number of amides is 1. The first-order chi connectivity index (χ1) is 8.45. The molecule has 18 heavy (non-hydrogen) atoms. The lowest BCUT2D eigenvalue weighted by Gasteiger charge is -2.36. The maximum Gasteiger partial charge on any atom is 0.397 e. The third kappa shape index (κ3) is 4.00. The predicted molar refractivity (Wildman–Crippen MR) is 69.9 cm³/mol. The lowest BCUT2D eigenvalue weighted by Crippen LogP contribution is -2.40. The molecule has 0 spiro atoms. The SMILES string of the molecule is CCNC(=O)C(=O)OC1CC(C)CCC1C(C)C. The van der Waals surface area contributed by atoms with Crippen molar-refractivity contribution in [1.82, 2.24) is 5.32 Å². The zero-order valence-electron chi connectivity index (χ0n) is 11.9. The molecular formula is C14H25NO3. The first kappa shape index (κ1) is 15.0. The molecule has 3 atom stereocenters. The summed E-state index contributed by atoms with van der Waals surface area (Å²) in [6.07, 6.45) is 3.02. The molecule has 0 aromatic rings. The van der Waals surface area contributed by atoms with Crippen LogP contribution in [0.3, 0.4) is 0 Å². The van der Waals surface area contributed by atoms with Crippen LogP contribution in [0.2, 0.25) is 0 Å². The Labute approximate surface area is 109 Å². The van der Waals surface area contributed by atoms with Gasteiger partial charge >= 0.3 is 11.9 Å². The maximum atomic E-state index is 11.6. The monoisotopic (exact) mass is 255 g/mol. The molecule has 3 unspecified atom stereocenters. The van der Waals surface area contributed by atoms with Gasteiger partial charge in [0.15, 0.2) is 0 Å². The number of carbonyl (C=O) groups is 2. The Bertz CT molecular complexity index is 301. The van der Waals surface area contributed by atoms with Crippen molar-refractivity contribution in [2.75, 3.05) is 6.54 Å². The second-order valence-corrected chi connectivity index (χ2v) is 5.63. The summed E-state index contributed by atoms with van der Waals surface area (Å²) < 4.78 is 5.40. The molecule has 0 radical (unpaired) electrons. The Morgan fingerprint density at radius 1 is 1.33 bits per heavy atom. The Kier molecular flexibility index (Phi) is 5.63. The summed E-state index contributed by atoms with van der Waals surface area (Å²) in [5.74, 6) is 0.0518.